The molecule has 1 saturated carbocycles. The third-order valence-corrected chi connectivity index (χ3v) is 5.82. The lowest BCUT2D eigenvalue weighted by atomic mass is 9.75. The van der Waals surface area contributed by atoms with Crippen LogP contribution in [-0.4, -0.2) is 40.6 Å². The van der Waals surface area contributed by atoms with E-state index < -0.39 is 11.6 Å². The normalized spacial score (nSPS) is 21.1. The zero-order valence-electron chi connectivity index (χ0n) is 17.5. The molecule has 156 valence electrons. The Labute approximate surface area is 169 Å². The van der Waals surface area contributed by atoms with Gasteiger partial charge in [0.05, 0.1) is 6.61 Å². The molecule has 5 heteroatoms. The highest BCUT2D eigenvalue weighted by Gasteiger charge is 2.38. The smallest absolute Gasteiger partial charge is 0.408 e. The van der Waals surface area contributed by atoms with E-state index in [1.807, 2.05) is 39.0 Å². The minimum atomic E-state index is -0.934. The average Bonchev–Trinajstić information content (AvgIpc) is 2.65. The van der Waals surface area contributed by atoms with Crippen LogP contribution in [0, 0.1) is 11.8 Å². The molecule has 0 aliphatic heterocycles. The number of carbonyl (C=O) groups is 2. The van der Waals surface area contributed by atoms with Crippen molar-refractivity contribution in [3.63, 3.8) is 0 Å². The first-order chi connectivity index (χ1) is 13.3. The summed E-state index contributed by atoms with van der Waals surface area (Å²) >= 11 is 0. The summed E-state index contributed by atoms with van der Waals surface area (Å²) in [5, 5.41) is 9.72. The van der Waals surface area contributed by atoms with Crippen LogP contribution in [0.2, 0.25) is 0 Å². The Kier molecular flexibility index (Phi) is 8.49. The number of aldehydes is 1. The second kappa shape index (κ2) is 10.6. The first-order valence-electron chi connectivity index (χ1n) is 10.4. The Morgan fingerprint density at radius 2 is 1.86 bits per heavy atom. The van der Waals surface area contributed by atoms with Crippen LogP contribution in [0.15, 0.2) is 30.3 Å². The van der Waals surface area contributed by atoms with Gasteiger partial charge in [-0.3, -0.25) is 4.90 Å². The van der Waals surface area contributed by atoms with Crippen LogP contribution in [0.1, 0.15) is 64.9 Å². The van der Waals surface area contributed by atoms with Crippen LogP contribution in [-0.2, 0) is 16.1 Å². The highest BCUT2D eigenvalue weighted by molar-refractivity contribution is 5.67. The zero-order chi connectivity index (χ0) is 20.6. The molecule has 1 aromatic carbocycles. The standard InChI is InChI=1S/C23H35NO4/c1-23(2,3)24(22(26)27)21(13-15-25)20-11-9-18(10-12-20)14-16-28-17-19-7-5-4-6-8-19/h4-8,15,18,20-21H,9-14,16-17H2,1-3H3,(H,26,27). The van der Waals surface area contributed by atoms with Gasteiger partial charge < -0.3 is 14.6 Å². The quantitative estimate of drug-likeness (QED) is 0.469. The second-order valence-corrected chi connectivity index (χ2v) is 8.90. The van der Waals surface area contributed by atoms with Gasteiger partial charge in [0.2, 0.25) is 0 Å². The summed E-state index contributed by atoms with van der Waals surface area (Å²) in [6.45, 7) is 7.10. The number of carboxylic acid groups (broad SMARTS) is 1. The molecule has 0 aromatic heterocycles. The van der Waals surface area contributed by atoms with Crippen molar-refractivity contribution in [1.29, 1.82) is 0 Å². The predicted octanol–water partition coefficient (Wildman–Crippen LogP) is 5.14. The number of carbonyl (C=O) groups excluding carboxylic acids is 1. The Morgan fingerprint density at radius 1 is 1.21 bits per heavy atom. The summed E-state index contributed by atoms with van der Waals surface area (Å²) in [6.07, 6.45) is 5.35. The van der Waals surface area contributed by atoms with E-state index in [2.05, 4.69) is 12.1 Å². The Morgan fingerprint density at radius 3 is 2.39 bits per heavy atom. The molecule has 0 saturated heterocycles. The van der Waals surface area contributed by atoms with Crippen molar-refractivity contribution in [2.45, 2.75) is 77.5 Å². The fourth-order valence-corrected chi connectivity index (χ4v) is 4.41. The highest BCUT2D eigenvalue weighted by atomic mass is 16.5. The van der Waals surface area contributed by atoms with Crippen molar-refractivity contribution in [2.24, 2.45) is 11.8 Å². The van der Waals surface area contributed by atoms with Crippen molar-refractivity contribution >= 4 is 12.4 Å². The van der Waals surface area contributed by atoms with E-state index in [0.29, 0.717) is 12.5 Å². The maximum absolute atomic E-state index is 11.9. The maximum Gasteiger partial charge on any atom is 0.408 e. The first-order valence-corrected chi connectivity index (χ1v) is 10.4. The lowest BCUT2D eigenvalue weighted by Gasteiger charge is -2.44. The molecule has 1 aromatic rings. The van der Waals surface area contributed by atoms with E-state index in [1.165, 1.54) is 10.5 Å². The summed E-state index contributed by atoms with van der Waals surface area (Å²) in [5.41, 5.74) is 0.681. The molecule has 1 aliphatic carbocycles. The molecule has 0 heterocycles. The van der Waals surface area contributed by atoms with E-state index in [9.17, 15) is 14.7 Å². The van der Waals surface area contributed by atoms with Crippen molar-refractivity contribution in [3.8, 4) is 0 Å². The van der Waals surface area contributed by atoms with Gasteiger partial charge in [-0.05, 0) is 57.4 Å². The van der Waals surface area contributed by atoms with Gasteiger partial charge in [0.1, 0.15) is 6.29 Å². The topological polar surface area (TPSA) is 66.8 Å². The predicted molar refractivity (Wildman–Crippen MR) is 110 cm³/mol. The van der Waals surface area contributed by atoms with Gasteiger partial charge in [0.15, 0.2) is 0 Å². The highest BCUT2D eigenvalue weighted by Crippen LogP contribution is 2.37. The molecule has 1 atom stereocenters. The van der Waals surface area contributed by atoms with Gasteiger partial charge in [-0.2, -0.15) is 0 Å². The van der Waals surface area contributed by atoms with Crippen molar-refractivity contribution in [1.82, 2.24) is 4.90 Å². The average molecular weight is 390 g/mol. The molecule has 1 unspecified atom stereocenters. The van der Waals surface area contributed by atoms with Crippen molar-refractivity contribution in [2.75, 3.05) is 6.61 Å². The Balaban J connectivity index is 1.81. The van der Waals surface area contributed by atoms with Crippen molar-refractivity contribution in [3.05, 3.63) is 35.9 Å². The lowest BCUT2D eigenvalue weighted by molar-refractivity contribution is -0.109. The number of nitrogens with zero attached hydrogens (tertiary/aromatic N) is 1. The van der Waals surface area contributed by atoms with Crippen LogP contribution < -0.4 is 0 Å². The molecular formula is C23H35NO4. The van der Waals surface area contributed by atoms with Gasteiger partial charge >= 0.3 is 6.09 Å². The van der Waals surface area contributed by atoms with Gasteiger partial charge in [0.25, 0.3) is 0 Å². The molecule has 0 spiro atoms. The van der Waals surface area contributed by atoms with Gasteiger partial charge in [-0.25, -0.2) is 4.79 Å². The third-order valence-electron chi connectivity index (χ3n) is 5.82. The third kappa shape index (κ3) is 6.62. The molecular weight excluding hydrogens is 354 g/mol. The van der Waals surface area contributed by atoms with E-state index in [4.69, 9.17) is 4.74 Å². The monoisotopic (exact) mass is 389 g/mol. The van der Waals surface area contributed by atoms with Gasteiger partial charge in [-0.1, -0.05) is 43.2 Å². The summed E-state index contributed by atoms with van der Waals surface area (Å²) in [6, 6.07) is 9.96. The van der Waals surface area contributed by atoms with E-state index in [1.54, 1.807) is 0 Å². The largest absolute Gasteiger partial charge is 0.465 e. The number of rotatable bonds is 9. The molecule has 1 fully saturated rings. The summed E-state index contributed by atoms with van der Waals surface area (Å²) in [7, 11) is 0. The Bertz CT molecular complexity index is 603. The maximum atomic E-state index is 11.9. The SMILES string of the molecule is CC(C)(C)N(C(=O)O)C(CC=O)C1CCC(CCOCc2ccccc2)CC1. The number of benzene rings is 1. The van der Waals surface area contributed by atoms with E-state index in [0.717, 1.165) is 45.0 Å². The van der Waals surface area contributed by atoms with Crippen molar-refractivity contribution < 1.29 is 19.4 Å². The van der Waals surface area contributed by atoms with Crippen LogP contribution in [0.3, 0.4) is 0 Å². The molecule has 2 rings (SSSR count). The van der Waals surface area contributed by atoms with Crippen LogP contribution in [0.25, 0.3) is 0 Å². The van der Waals surface area contributed by atoms with Crippen LogP contribution in [0.4, 0.5) is 4.79 Å². The minimum Gasteiger partial charge on any atom is -0.465 e. The van der Waals surface area contributed by atoms with Crippen LogP contribution in [0.5, 0.6) is 0 Å². The molecule has 1 aliphatic rings. The zero-order valence-corrected chi connectivity index (χ0v) is 17.5. The van der Waals surface area contributed by atoms with E-state index >= 15 is 0 Å². The van der Waals surface area contributed by atoms with Gasteiger partial charge in [-0.15, -0.1) is 0 Å². The summed E-state index contributed by atoms with van der Waals surface area (Å²) in [4.78, 5) is 24.6. The van der Waals surface area contributed by atoms with Gasteiger partial charge in [0, 0.05) is 24.6 Å². The first kappa shape index (κ1) is 22.4. The molecule has 5 nitrogen and oxygen atoms in total. The fourth-order valence-electron chi connectivity index (χ4n) is 4.41. The number of hydrogen-bond donors (Lipinski definition) is 1. The molecule has 0 radical (unpaired) electrons. The van der Waals surface area contributed by atoms with E-state index in [-0.39, 0.29) is 18.4 Å². The molecule has 1 N–H and O–H groups in total. The molecule has 1 amide bonds. The fraction of sp³-hybridized carbons (Fsp3) is 0.652. The summed E-state index contributed by atoms with van der Waals surface area (Å²) < 4.78 is 5.82. The Hall–Kier alpha value is -1.88. The minimum absolute atomic E-state index is 0.231. The lowest BCUT2D eigenvalue weighted by Crippen LogP contribution is -2.54. The van der Waals surface area contributed by atoms with Crippen LogP contribution >= 0.6 is 0 Å². The second-order valence-electron chi connectivity index (χ2n) is 8.90. The summed E-state index contributed by atoms with van der Waals surface area (Å²) in [5.74, 6) is 0.874. The molecule has 0 bridgehead atoms. The number of ether oxygens (including phenoxy) is 1. The number of hydrogen-bond acceptors (Lipinski definition) is 3. The number of amides is 1. The molecule has 28 heavy (non-hydrogen) atoms.